The lowest BCUT2D eigenvalue weighted by Gasteiger charge is -2.15. The molecular formula is C23H18O5. The SMILES string of the molecule is COc1c2c(cc(OCc3ccccc3)c1-c1cc3ccccc3o1)OCO2. The van der Waals surface area contributed by atoms with Crippen LogP contribution in [0.2, 0.25) is 0 Å². The van der Waals surface area contributed by atoms with Gasteiger partial charge in [-0.1, -0.05) is 48.5 Å². The summed E-state index contributed by atoms with van der Waals surface area (Å²) >= 11 is 0. The molecule has 0 bridgehead atoms. The van der Waals surface area contributed by atoms with Crippen LogP contribution in [-0.4, -0.2) is 13.9 Å². The Balaban J connectivity index is 1.64. The fraction of sp³-hybridized carbons (Fsp3) is 0.130. The molecule has 140 valence electrons. The Morgan fingerprint density at radius 2 is 1.75 bits per heavy atom. The molecule has 4 aromatic rings. The molecule has 1 aliphatic heterocycles. The van der Waals surface area contributed by atoms with E-state index in [-0.39, 0.29) is 6.79 Å². The normalized spacial score (nSPS) is 12.3. The van der Waals surface area contributed by atoms with Crippen LogP contribution in [0.5, 0.6) is 23.0 Å². The number of furan rings is 1. The first-order chi connectivity index (χ1) is 13.8. The van der Waals surface area contributed by atoms with E-state index in [0.717, 1.165) is 16.5 Å². The van der Waals surface area contributed by atoms with Crippen LogP contribution in [0.4, 0.5) is 0 Å². The molecule has 0 saturated carbocycles. The van der Waals surface area contributed by atoms with Crippen molar-refractivity contribution >= 4 is 11.0 Å². The van der Waals surface area contributed by atoms with E-state index in [1.165, 1.54) is 0 Å². The van der Waals surface area contributed by atoms with Crippen molar-refractivity contribution in [3.05, 3.63) is 72.3 Å². The van der Waals surface area contributed by atoms with Gasteiger partial charge in [-0.05, 0) is 17.7 Å². The van der Waals surface area contributed by atoms with Crippen molar-refractivity contribution in [3.8, 4) is 34.3 Å². The number of ether oxygens (including phenoxy) is 4. The van der Waals surface area contributed by atoms with Gasteiger partial charge in [0.2, 0.25) is 12.5 Å². The van der Waals surface area contributed by atoms with Crippen LogP contribution in [0.15, 0.2) is 71.1 Å². The number of rotatable bonds is 5. The summed E-state index contributed by atoms with van der Waals surface area (Å²) in [5, 5.41) is 1.01. The molecule has 0 saturated heterocycles. The number of methoxy groups -OCH3 is 1. The van der Waals surface area contributed by atoms with E-state index < -0.39 is 0 Å². The molecule has 28 heavy (non-hydrogen) atoms. The van der Waals surface area contributed by atoms with Gasteiger partial charge in [0, 0.05) is 11.5 Å². The van der Waals surface area contributed by atoms with Gasteiger partial charge in [-0.15, -0.1) is 0 Å². The van der Waals surface area contributed by atoms with Crippen molar-refractivity contribution in [3.63, 3.8) is 0 Å². The minimum absolute atomic E-state index is 0.146. The third-order valence-electron chi connectivity index (χ3n) is 4.70. The fourth-order valence-corrected chi connectivity index (χ4v) is 3.37. The van der Waals surface area contributed by atoms with Crippen LogP contribution in [0.25, 0.3) is 22.3 Å². The third-order valence-corrected chi connectivity index (χ3v) is 4.70. The Morgan fingerprint density at radius 3 is 2.57 bits per heavy atom. The summed E-state index contributed by atoms with van der Waals surface area (Å²) in [5.41, 5.74) is 2.57. The maximum absolute atomic E-state index is 6.17. The zero-order valence-electron chi connectivity index (χ0n) is 15.3. The molecule has 1 aliphatic rings. The summed E-state index contributed by atoms with van der Waals surface area (Å²) in [4.78, 5) is 0. The monoisotopic (exact) mass is 374 g/mol. The summed E-state index contributed by atoms with van der Waals surface area (Å²) in [6.45, 7) is 0.560. The predicted molar refractivity (Wildman–Crippen MR) is 105 cm³/mol. The lowest BCUT2D eigenvalue weighted by Crippen LogP contribution is -1.99. The molecule has 0 amide bonds. The first-order valence-corrected chi connectivity index (χ1v) is 9.00. The van der Waals surface area contributed by atoms with Gasteiger partial charge in [-0.3, -0.25) is 0 Å². The van der Waals surface area contributed by atoms with Gasteiger partial charge < -0.3 is 23.4 Å². The van der Waals surface area contributed by atoms with Gasteiger partial charge in [0.25, 0.3) is 0 Å². The second kappa shape index (κ2) is 6.85. The molecule has 1 aromatic heterocycles. The highest BCUT2D eigenvalue weighted by atomic mass is 16.7. The quantitative estimate of drug-likeness (QED) is 0.467. The molecule has 5 heteroatoms. The Hall–Kier alpha value is -3.60. The van der Waals surface area contributed by atoms with Crippen LogP contribution in [0, 0.1) is 0 Å². The molecule has 0 unspecified atom stereocenters. The average molecular weight is 374 g/mol. The number of hydrogen-bond acceptors (Lipinski definition) is 5. The lowest BCUT2D eigenvalue weighted by molar-refractivity contribution is 0.171. The summed E-state index contributed by atoms with van der Waals surface area (Å²) in [7, 11) is 1.60. The second-order valence-electron chi connectivity index (χ2n) is 6.44. The van der Waals surface area contributed by atoms with Gasteiger partial charge >= 0.3 is 0 Å². The van der Waals surface area contributed by atoms with Crippen LogP contribution >= 0.6 is 0 Å². The van der Waals surface area contributed by atoms with E-state index in [2.05, 4.69) is 0 Å². The Bertz CT molecular complexity index is 1100. The molecule has 5 rings (SSSR count). The van der Waals surface area contributed by atoms with Gasteiger partial charge in [-0.25, -0.2) is 0 Å². The largest absolute Gasteiger partial charge is 0.492 e. The van der Waals surface area contributed by atoms with Crippen LogP contribution in [0.3, 0.4) is 0 Å². The highest BCUT2D eigenvalue weighted by Gasteiger charge is 2.29. The topological polar surface area (TPSA) is 50.1 Å². The zero-order chi connectivity index (χ0) is 18.9. The van der Waals surface area contributed by atoms with Crippen molar-refractivity contribution in [2.75, 3.05) is 13.9 Å². The van der Waals surface area contributed by atoms with Gasteiger partial charge in [0.05, 0.1) is 7.11 Å². The molecule has 2 heterocycles. The van der Waals surface area contributed by atoms with Crippen molar-refractivity contribution < 1.29 is 23.4 Å². The van der Waals surface area contributed by atoms with E-state index in [1.54, 1.807) is 7.11 Å². The number of benzene rings is 3. The third kappa shape index (κ3) is 2.81. The van der Waals surface area contributed by atoms with Crippen LogP contribution < -0.4 is 18.9 Å². The van der Waals surface area contributed by atoms with Crippen molar-refractivity contribution in [2.24, 2.45) is 0 Å². The van der Waals surface area contributed by atoms with E-state index in [1.807, 2.05) is 66.7 Å². The van der Waals surface area contributed by atoms with Crippen LogP contribution in [-0.2, 0) is 6.61 Å². The molecule has 0 fully saturated rings. The van der Waals surface area contributed by atoms with E-state index in [9.17, 15) is 0 Å². The summed E-state index contributed by atoms with van der Waals surface area (Å²) in [6.07, 6.45) is 0. The Morgan fingerprint density at radius 1 is 0.929 bits per heavy atom. The first-order valence-electron chi connectivity index (χ1n) is 9.00. The van der Waals surface area contributed by atoms with Crippen molar-refractivity contribution in [1.29, 1.82) is 0 Å². The number of hydrogen-bond donors (Lipinski definition) is 0. The Kier molecular flexibility index (Phi) is 4.05. The number of fused-ring (bicyclic) bond motifs is 2. The molecular weight excluding hydrogens is 356 g/mol. The summed E-state index contributed by atoms with van der Waals surface area (Å²) in [5.74, 6) is 2.96. The minimum atomic E-state index is 0.146. The average Bonchev–Trinajstić information content (AvgIpc) is 3.38. The van der Waals surface area contributed by atoms with E-state index in [4.69, 9.17) is 23.4 Å². The van der Waals surface area contributed by atoms with Crippen molar-refractivity contribution in [1.82, 2.24) is 0 Å². The second-order valence-corrected chi connectivity index (χ2v) is 6.44. The highest BCUT2D eigenvalue weighted by Crippen LogP contribution is 2.52. The maximum atomic E-state index is 6.17. The molecule has 3 aromatic carbocycles. The van der Waals surface area contributed by atoms with E-state index >= 15 is 0 Å². The standard InChI is InChI=1S/C23H18O5/c1-24-23-21(19-11-16-9-5-6-10-17(16)28-19)18(12-20-22(23)27-14-26-20)25-13-15-7-3-2-4-8-15/h2-12H,13-14H2,1H3. The Labute approximate surface area is 162 Å². The fourth-order valence-electron chi connectivity index (χ4n) is 3.37. The van der Waals surface area contributed by atoms with Gasteiger partial charge in [0.15, 0.2) is 11.5 Å². The zero-order valence-corrected chi connectivity index (χ0v) is 15.3. The molecule has 0 N–H and O–H groups in total. The molecule has 5 nitrogen and oxygen atoms in total. The molecule has 0 atom stereocenters. The van der Waals surface area contributed by atoms with Gasteiger partial charge in [0.1, 0.15) is 29.3 Å². The number of para-hydroxylation sites is 1. The molecule has 0 aliphatic carbocycles. The van der Waals surface area contributed by atoms with E-state index in [0.29, 0.717) is 40.9 Å². The minimum Gasteiger partial charge on any atom is -0.492 e. The molecule has 0 spiro atoms. The summed E-state index contributed by atoms with van der Waals surface area (Å²) in [6, 6.07) is 21.7. The first kappa shape index (κ1) is 16.6. The van der Waals surface area contributed by atoms with Crippen LogP contribution in [0.1, 0.15) is 5.56 Å². The lowest BCUT2D eigenvalue weighted by atomic mass is 10.1. The maximum Gasteiger partial charge on any atom is 0.231 e. The smallest absolute Gasteiger partial charge is 0.231 e. The van der Waals surface area contributed by atoms with Crippen molar-refractivity contribution in [2.45, 2.75) is 6.61 Å². The molecule has 0 radical (unpaired) electrons. The van der Waals surface area contributed by atoms with Gasteiger partial charge in [-0.2, -0.15) is 0 Å². The summed E-state index contributed by atoms with van der Waals surface area (Å²) < 4.78 is 29.1. The highest BCUT2D eigenvalue weighted by molar-refractivity contribution is 5.88. The predicted octanol–water partition coefficient (Wildman–Crippen LogP) is 5.42.